The minimum atomic E-state index is 1.21. The highest BCUT2D eigenvalue weighted by molar-refractivity contribution is 4.66. The molecule has 0 spiro atoms. The van der Waals surface area contributed by atoms with E-state index >= 15 is 0 Å². The highest BCUT2D eigenvalue weighted by Crippen LogP contribution is 2.16. The molecule has 0 unspecified atom stereocenters. The van der Waals surface area contributed by atoms with Crippen LogP contribution in [0.25, 0.3) is 0 Å². The highest BCUT2D eigenvalue weighted by atomic mass is 14.0. The smallest absolute Gasteiger partial charge is 0.0353 e. The van der Waals surface area contributed by atoms with Crippen molar-refractivity contribution in [2.45, 2.75) is 310 Å². The van der Waals surface area contributed by atoms with Crippen molar-refractivity contribution in [1.82, 2.24) is 0 Å². The molecule has 0 saturated carbocycles. The van der Waals surface area contributed by atoms with Crippen LogP contribution in [0.2, 0.25) is 0 Å². The summed E-state index contributed by atoms with van der Waals surface area (Å²) in [6, 6.07) is 0. The monoisotopic (exact) mass is 757 g/mol. The third-order valence-corrected chi connectivity index (χ3v) is 11.3. The lowest BCUT2D eigenvalue weighted by Gasteiger charge is -2.02. The van der Waals surface area contributed by atoms with Crippen molar-refractivity contribution in [3.63, 3.8) is 0 Å². The summed E-state index contributed by atoms with van der Waals surface area (Å²) in [6.07, 6.45) is 70.4. The zero-order valence-corrected chi connectivity index (χ0v) is 38.7. The number of unbranched alkanes of at least 4 members (excludes halogenated alkanes) is 42. The Kier molecular flexibility index (Phi) is 65.5. The Morgan fingerprint density at radius 2 is 0.296 bits per heavy atom. The van der Waals surface area contributed by atoms with Crippen molar-refractivity contribution in [3.05, 3.63) is 38.0 Å². The van der Waals surface area contributed by atoms with Crippen LogP contribution in [-0.4, -0.2) is 0 Å². The molecule has 0 fully saturated rings. The third-order valence-electron chi connectivity index (χ3n) is 11.3. The lowest BCUT2D eigenvalue weighted by molar-refractivity contribution is 0.536. The van der Waals surface area contributed by atoms with Gasteiger partial charge in [0.05, 0.1) is 0 Å². The van der Waals surface area contributed by atoms with Gasteiger partial charge < -0.3 is 0 Å². The molecule has 0 N–H and O–H groups in total. The van der Waals surface area contributed by atoms with Crippen LogP contribution in [0.15, 0.2) is 38.0 Å². The number of hydrogen-bond donors (Lipinski definition) is 0. The first-order valence-electron chi connectivity index (χ1n) is 25.6. The highest BCUT2D eigenvalue weighted by Gasteiger charge is 1.96. The van der Waals surface area contributed by atoms with Crippen molar-refractivity contribution in [2.75, 3.05) is 0 Å². The van der Waals surface area contributed by atoms with Gasteiger partial charge in [0.2, 0.25) is 0 Å². The van der Waals surface area contributed by atoms with Crippen LogP contribution in [-0.2, 0) is 0 Å². The van der Waals surface area contributed by atoms with E-state index < -0.39 is 0 Å². The maximum absolute atomic E-state index is 3.76. The average molecular weight is 757 g/mol. The molecule has 0 saturated heterocycles. The van der Waals surface area contributed by atoms with Gasteiger partial charge in [0.25, 0.3) is 0 Å². The van der Waals surface area contributed by atoms with Crippen molar-refractivity contribution in [2.24, 2.45) is 0 Å². The van der Waals surface area contributed by atoms with Crippen molar-refractivity contribution < 1.29 is 0 Å². The van der Waals surface area contributed by atoms with Gasteiger partial charge in [-0.3, -0.25) is 0 Å². The van der Waals surface area contributed by atoms with E-state index in [0.29, 0.717) is 0 Å². The normalized spacial score (nSPS) is 10.7. The van der Waals surface area contributed by atoms with Gasteiger partial charge in [-0.1, -0.05) is 289 Å². The summed E-state index contributed by atoms with van der Waals surface area (Å²) in [5.41, 5.74) is 0. The molecule has 0 aliphatic heterocycles. The number of allylic oxidation sites excluding steroid dienone is 3. The first-order valence-corrected chi connectivity index (χ1v) is 25.6. The molecule has 0 aromatic heterocycles. The van der Waals surface area contributed by atoms with Gasteiger partial charge in [0, 0.05) is 0 Å². The lowest BCUT2D eigenvalue weighted by Crippen LogP contribution is -1.83. The minimum absolute atomic E-state index is 1.21. The van der Waals surface area contributed by atoms with Gasteiger partial charge in [-0.15, -0.1) is 19.7 Å². The van der Waals surface area contributed by atoms with Crippen molar-refractivity contribution >= 4 is 0 Å². The van der Waals surface area contributed by atoms with Gasteiger partial charge in [-0.2, -0.15) is 0 Å². The quantitative estimate of drug-likeness (QED) is 0.0429. The largest absolute Gasteiger partial charge is 0.103 e. The second-order valence-electron chi connectivity index (χ2n) is 17.0. The Morgan fingerprint density at radius 1 is 0.185 bits per heavy atom. The van der Waals surface area contributed by atoms with Crippen LogP contribution in [0.1, 0.15) is 310 Å². The van der Waals surface area contributed by atoms with Crippen LogP contribution in [0.3, 0.4) is 0 Å². The summed E-state index contributed by atoms with van der Waals surface area (Å²) < 4.78 is 0. The Hall–Kier alpha value is -0.780. The molecule has 0 heteroatoms. The summed E-state index contributed by atoms with van der Waals surface area (Å²) in [7, 11) is 0. The molecule has 0 nitrogen and oxygen atoms in total. The van der Waals surface area contributed by atoms with Crippen LogP contribution < -0.4 is 0 Å². The van der Waals surface area contributed by atoms with Gasteiger partial charge in [0.1, 0.15) is 0 Å². The van der Waals surface area contributed by atoms with Crippen LogP contribution in [0, 0.1) is 0 Å². The van der Waals surface area contributed by atoms with E-state index in [1.807, 2.05) is 18.2 Å². The standard InChI is InChI=1S/3C18H36/c3*1-3-5-7-9-11-13-15-17-18-16-14-12-10-8-6-4-2/h3*3H,1,4-18H2,2H3. The van der Waals surface area contributed by atoms with Gasteiger partial charge in [0.15, 0.2) is 0 Å². The van der Waals surface area contributed by atoms with E-state index in [-0.39, 0.29) is 0 Å². The SMILES string of the molecule is C=CCCCCCCCCCCCCCCCC.C=CCCCCCCCCCCCCCCCC.C=CCCCCCCCCCCCCCCCC. The average Bonchev–Trinajstić information content (AvgIpc) is 3.19. The van der Waals surface area contributed by atoms with E-state index in [1.54, 1.807) is 0 Å². The topological polar surface area (TPSA) is 0 Å². The van der Waals surface area contributed by atoms with E-state index in [2.05, 4.69) is 40.5 Å². The molecule has 0 aromatic rings. The zero-order chi connectivity index (χ0) is 39.9. The molecule has 54 heavy (non-hydrogen) atoms. The molecule has 0 aliphatic carbocycles. The number of rotatable bonds is 45. The Labute approximate surface area is 346 Å². The van der Waals surface area contributed by atoms with Crippen LogP contribution in [0.4, 0.5) is 0 Å². The summed E-state index contributed by atoms with van der Waals surface area (Å²) in [6.45, 7) is 18.1. The summed E-state index contributed by atoms with van der Waals surface area (Å²) in [4.78, 5) is 0. The van der Waals surface area contributed by atoms with E-state index in [0.717, 1.165) is 0 Å². The fraction of sp³-hybridized carbons (Fsp3) is 0.889. The fourth-order valence-corrected chi connectivity index (χ4v) is 7.45. The first kappa shape index (κ1) is 57.5. The maximum atomic E-state index is 3.76. The van der Waals surface area contributed by atoms with Gasteiger partial charge >= 0.3 is 0 Å². The Morgan fingerprint density at radius 3 is 0.407 bits per heavy atom. The second-order valence-corrected chi connectivity index (χ2v) is 17.0. The summed E-state index contributed by atoms with van der Waals surface area (Å²) in [5, 5.41) is 0. The van der Waals surface area contributed by atoms with E-state index in [9.17, 15) is 0 Å². The molecule has 0 aliphatic rings. The van der Waals surface area contributed by atoms with E-state index in [1.165, 1.54) is 289 Å². The fourth-order valence-electron chi connectivity index (χ4n) is 7.45. The predicted molar refractivity (Wildman–Crippen MR) is 255 cm³/mol. The van der Waals surface area contributed by atoms with Gasteiger partial charge in [-0.25, -0.2) is 0 Å². The molecule has 0 radical (unpaired) electrons. The first-order chi connectivity index (χ1) is 26.7. The molecule has 0 bridgehead atoms. The summed E-state index contributed by atoms with van der Waals surface area (Å²) in [5.74, 6) is 0. The zero-order valence-electron chi connectivity index (χ0n) is 38.7. The molecule has 0 aromatic carbocycles. The lowest BCUT2D eigenvalue weighted by atomic mass is 10.0. The molecule has 0 heterocycles. The molecular weight excluding hydrogens is 649 g/mol. The Bertz CT molecular complexity index is 530. The maximum Gasteiger partial charge on any atom is -0.0353 e. The molecule has 0 amide bonds. The van der Waals surface area contributed by atoms with Gasteiger partial charge in [-0.05, 0) is 38.5 Å². The molecule has 0 rings (SSSR count). The number of hydrogen-bond acceptors (Lipinski definition) is 0. The van der Waals surface area contributed by atoms with Crippen LogP contribution in [0.5, 0.6) is 0 Å². The second kappa shape index (κ2) is 61.4. The summed E-state index contributed by atoms with van der Waals surface area (Å²) >= 11 is 0. The predicted octanol–water partition coefficient (Wildman–Crippen LogP) is 21.1. The molecular formula is C54H108. The van der Waals surface area contributed by atoms with Crippen LogP contribution >= 0.6 is 0 Å². The third kappa shape index (κ3) is 66.1. The van der Waals surface area contributed by atoms with E-state index in [4.69, 9.17) is 0 Å². The van der Waals surface area contributed by atoms with Crippen molar-refractivity contribution in [3.8, 4) is 0 Å². The molecule has 324 valence electrons. The minimum Gasteiger partial charge on any atom is -0.103 e. The molecule has 0 atom stereocenters. The van der Waals surface area contributed by atoms with Crippen molar-refractivity contribution in [1.29, 1.82) is 0 Å². The Balaban J connectivity index is -0.000000722.